The van der Waals surface area contributed by atoms with Crippen molar-refractivity contribution in [1.82, 2.24) is 14.7 Å². The van der Waals surface area contributed by atoms with Gasteiger partial charge in [0.2, 0.25) is 11.8 Å². The Kier molecular flexibility index (Phi) is 5.74. The van der Waals surface area contributed by atoms with E-state index in [1.165, 1.54) is 21.6 Å². The van der Waals surface area contributed by atoms with Gasteiger partial charge in [0.15, 0.2) is 0 Å². The zero-order valence-corrected chi connectivity index (χ0v) is 18.2. The second-order valence-electron chi connectivity index (χ2n) is 8.05. The number of fused-ring (bicyclic) bond motifs is 1. The van der Waals surface area contributed by atoms with Gasteiger partial charge in [-0.25, -0.2) is 0 Å². The highest BCUT2D eigenvalue weighted by Gasteiger charge is 2.37. The van der Waals surface area contributed by atoms with Crippen molar-refractivity contribution in [2.45, 2.75) is 39.3 Å². The second kappa shape index (κ2) is 8.28. The van der Waals surface area contributed by atoms with Crippen LogP contribution in [0.3, 0.4) is 0 Å². The molecular weight excluding hydrogens is 382 g/mol. The molecule has 0 N–H and O–H groups in total. The van der Waals surface area contributed by atoms with Gasteiger partial charge in [-0.1, -0.05) is 24.3 Å². The molecule has 0 saturated carbocycles. The molecule has 1 saturated heterocycles. The lowest BCUT2D eigenvalue weighted by atomic mass is 9.89. The minimum Gasteiger partial charge on any atom is -0.339 e. The van der Waals surface area contributed by atoms with Crippen LogP contribution in [0.1, 0.15) is 41.5 Å². The van der Waals surface area contributed by atoms with Gasteiger partial charge in [0.05, 0.1) is 12.1 Å². The molecule has 0 unspecified atom stereocenters. The summed E-state index contributed by atoms with van der Waals surface area (Å²) in [6.45, 7) is 9.17. The van der Waals surface area contributed by atoms with Crippen LogP contribution < -0.4 is 0 Å². The summed E-state index contributed by atoms with van der Waals surface area (Å²) >= 11 is 1.82. The number of hydrogen-bond acceptors (Lipinski definition) is 4. The monoisotopic (exact) mass is 411 g/mol. The van der Waals surface area contributed by atoms with E-state index < -0.39 is 0 Å². The summed E-state index contributed by atoms with van der Waals surface area (Å²) in [5.41, 5.74) is 3.89. The smallest absolute Gasteiger partial charge is 0.239 e. The molecule has 2 aliphatic heterocycles. The molecule has 2 amide bonds. The minimum atomic E-state index is -0.198. The zero-order chi connectivity index (χ0) is 20.5. The first-order valence-corrected chi connectivity index (χ1v) is 11.3. The number of nitrogens with zero attached hydrogens (tertiary/aromatic N) is 3. The summed E-state index contributed by atoms with van der Waals surface area (Å²) in [4.78, 5) is 32.5. The zero-order valence-electron chi connectivity index (χ0n) is 17.4. The Morgan fingerprint density at radius 1 is 1.00 bits per heavy atom. The van der Waals surface area contributed by atoms with E-state index in [0.29, 0.717) is 26.2 Å². The van der Waals surface area contributed by atoms with Gasteiger partial charge in [0.1, 0.15) is 0 Å². The lowest BCUT2D eigenvalue weighted by Gasteiger charge is -2.43. The van der Waals surface area contributed by atoms with Crippen molar-refractivity contribution >= 4 is 23.2 Å². The Morgan fingerprint density at radius 3 is 2.38 bits per heavy atom. The van der Waals surface area contributed by atoms with Crippen LogP contribution >= 0.6 is 11.3 Å². The fourth-order valence-corrected chi connectivity index (χ4v) is 5.54. The Bertz CT molecular complexity index is 901. The van der Waals surface area contributed by atoms with Gasteiger partial charge in [0, 0.05) is 44.5 Å². The number of rotatable bonds is 3. The van der Waals surface area contributed by atoms with Crippen LogP contribution in [0.15, 0.2) is 35.7 Å². The Labute approximate surface area is 176 Å². The second-order valence-corrected chi connectivity index (χ2v) is 9.05. The number of benzene rings is 1. The van der Waals surface area contributed by atoms with Crippen molar-refractivity contribution in [1.29, 1.82) is 0 Å². The van der Waals surface area contributed by atoms with Crippen molar-refractivity contribution in [3.63, 3.8) is 0 Å². The third-order valence-electron chi connectivity index (χ3n) is 6.38. The van der Waals surface area contributed by atoms with Gasteiger partial charge in [-0.15, -0.1) is 11.3 Å². The number of aryl methyl sites for hydroxylation is 1. The summed E-state index contributed by atoms with van der Waals surface area (Å²) in [7, 11) is 0. The van der Waals surface area contributed by atoms with Crippen LogP contribution in [0.2, 0.25) is 0 Å². The average Bonchev–Trinajstić information content (AvgIpc) is 3.21. The summed E-state index contributed by atoms with van der Waals surface area (Å²) in [6, 6.07) is 10.7. The highest BCUT2D eigenvalue weighted by Crippen LogP contribution is 2.40. The predicted molar refractivity (Wildman–Crippen MR) is 116 cm³/mol. The Morgan fingerprint density at radius 2 is 1.69 bits per heavy atom. The van der Waals surface area contributed by atoms with Gasteiger partial charge in [-0.3, -0.25) is 14.5 Å². The molecule has 4 rings (SSSR count). The maximum Gasteiger partial charge on any atom is 0.239 e. The van der Waals surface area contributed by atoms with E-state index in [9.17, 15) is 9.59 Å². The SMILES string of the molecule is CC(=O)N1CCN(C(=O)[C@H](C)N2CCc3sccc3[C@H]2c2ccccc2C)CC1. The maximum absolute atomic E-state index is 13.4. The molecule has 6 heteroatoms. The third-order valence-corrected chi connectivity index (χ3v) is 7.37. The van der Waals surface area contributed by atoms with E-state index in [4.69, 9.17) is 0 Å². The molecule has 2 aliphatic rings. The standard InChI is InChI=1S/C23H29N3O2S/c1-16-6-4-5-7-19(16)22-20-9-15-29-21(20)8-10-26(22)17(2)23(28)25-13-11-24(12-14-25)18(3)27/h4-7,9,15,17,22H,8,10-14H2,1-3H3/t17-,22+/m0/s1. The predicted octanol–water partition coefficient (Wildman–Crippen LogP) is 3.08. The minimum absolute atomic E-state index is 0.0887. The van der Waals surface area contributed by atoms with E-state index in [1.807, 2.05) is 28.1 Å². The van der Waals surface area contributed by atoms with Crippen LogP contribution in [-0.4, -0.2) is 65.3 Å². The topological polar surface area (TPSA) is 43.9 Å². The maximum atomic E-state index is 13.4. The van der Waals surface area contributed by atoms with E-state index in [0.717, 1.165) is 13.0 Å². The quantitative estimate of drug-likeness (QED) is 0.780. The molecule has 0 aliphatic carbocycles. The number of carbonyl (C=O) groups excluding carboxylic acids is 2. The molecule has 0 radical (unpaired) electrons. The van der Waals surface area contributed by atoms with Gasteiger partial charge in [-0.05, 0) is 48.4 Å². The summed E-state index contributed by atoms with van der Waals surface area (Å²) in [5.74, 6) is 0.260. The highest BCUT2D eigenvalue weighted by atomic mass is 32.1. The first kappa shape index (κ1) is 20.1. The van der Waals surface area contributed by atoms with E-state index in [2.05, 4.69) is 47.5 Å². The van der Waals surface area contributed by atoms with Crippen LogP contribution in [0.4, 0.5) is 0 Å². The van der Waals surface area contributed by atoms with E-state index in [1.54, 1.807) is 6.92 Å². The fourth-order valence-electron chi connectivity index (χ4n) is 4.64. The molecule has 154 valence electrons. The molecule has 0 bridgehead atoms. The van der Waals surface area contributed by atoms with Gasteiger partial charge in [0.25, 0.3) is 0 Å². The van der Waals surface area contributed by atoms with Crippen molar-refractivity contribution in [2.75, 3.05) is 32.7 Å². The molecular formula is C23H29N3O2S. The highest BCUT2D eigenvalue weighted by molar-refractivity contribution is 7.10. The van der Waals surface area contributed by atoms with Crippen LogP contribution in [0.5, 0.6) is 0 Å². The molecule has 1 aromatic heterocycles. The molecule has 1 aromatic carbocycles. The van der Waals surface area contributed by atoms with Crippen molar-refractivity contribution in [2.24, 2.45) is 0 Å². The van der Waals surface area contributed by atoms with Crippen molar-refractivity contribution in [3.8, 4) is 0 Å². The van der Waals surface area contributed by atoms with E-state index >= 15 is 0 Å². The van der Waals surface area contributed by atoms with Crippen LogP contribution in [0, 0.1) is 6.92 Å². The molecule has 2 atom stereocenters. The lowest BCUT2D eigenvalue weighted by Crippen LogP contribution is -2.56. The molecule has 3 heterocycles. The lowest BCUT2D eigenvalue weighted by molar-refractivity contribution is -0.142. The Hall–Kier alpha value is -2.18. The van der Waals surface area contributed by atoms with Crippen molar-refractivity contribution < 1.29 is 9.59 Å². The van der Waals surface area contributed by atoms with Gasteiger partial charge >= 0.3 is 0 Å². The normalized spacial score (nSPS) is 21.0. The summed E-state index contributed by atoms with van der Waals surface area (Å²) in [6.07, 6.45) is 0.991. The summed E-state index contributed by atoms with van der Waals surface area (Å²) < 4.78 is 0. The number of thiophene rings is 1. The molecule has 1 fully saturated rings. The van der Waals surface area contributed by atoms with Crippen molar-refractivity contribution in [3.05, 3.63) is 57.3 Å². The molecule has 5 nitrogen and oxygen atoms in total. The number of hydrogen-bond donors (Lipinski definition) is 0. The van der Waals surface area contributed by atoms with Crippen LogP contribution in [-0.2, 0) is 16.0 Å². The van der Waals surface area contributed by atoms with Gasteiger partial charge < -0.3 is 9.80 Å². The third kappa shape index (κ3) is 3.83. The summed E-state index contributed by atoms with van der Waals surface area (Å²) in [5, 5.41) is 2.17. The van der Waals surface area contributed by atoms with Gasteiger partial charge in [-0.2, -0.15) is 0 Å². The Balaban J connectivity index is 1.58. The first-order valence-electron chi connectivity index (χ1n) is 10.4. The molecule has 0 spiro atoms. The van der Waals surface area contributed by atoms with Crippen LogP contribution in [0.25, 0.3) is 0 Å². The number of piperazine rings is 1. The number of carbonyl (C=O) groups is 2. The van der Waals surface area contributed by atoms with E-state index in [-0.39, 0.29) is 23.9 Å². The fraction of sp³-hybridized carbons (Fsp3) is 0.478. The average molecular weight is 412 g/mol. The number of amides is 2. The molecule has 2 aromatic rings. The largest absolute Gasteiger partial charge is 0.339 e. The first-order chi connectivity index (χ1) is 14.0. The molecule has 29 heavy (non-hydrogen) atoms.